The molecule has 1 aromatic rings. The van der Waals surface area contributed by atoms with Crippen LogP contribution in [-0.4, -0.2) is 79.4 Å². The second kappa shape index (κ2) is 11.7. The zero-order valence-electron chi connectivity index (χ0n) is 16.2. The molecular formula is C19H32IN5O2. The number of unbranched alkanes of at least 4 members (excludes halogenated alkanes) is 1. The smallest absolute Gasteiger partial charge is 0.250 e. The number of aliphatic imine (C=N–C) groups is 1. The number of rotatable bonds is 6. The third-order valence-corrected chi connectivity index (χ3v) is 5.24. The summed E-state index contributed by atoms with van der Waals surface area (Å²) in [7, 11) is 1.86. The van der Waals surface area contributed by atoms with Crippen molar-refractivity contribution in [3.63, 3.8) is 0 Å². The minimum Gasteiger partial charge on any atom is -0.379 e. The summed E-state index contributed by atoms with van der Waals surface area (Å²) in [5, 5.41) is 3.48. The summed E-state index contributed by atoms with van der Waals surface area (Å²) in [4.78, 5) is 21.0. The largest absolute Gasteiger partial charge is 0.379 e. The Labute approximate surface area is 178 Å². The number of nitrogens with zero attached hydrogens (tertiary/aromatic N) is 4. The van der Waals surface area contributed by atoms with Crippen LogP contribution in [0.4, 0.5) is 0 Å². The molecule has 0 amide bonds. The van der Waals surface area contributed by atoms with Gasteiger partial charge in [0.15, 0.2) is 5.96 Å². The Morgan fingerprint density at radius 3 is 2.81 bits per heavy atom. The normalized spacial score (nSPS) is 21.1. The molecule has 2 saturated heterocycles. The highest BCUT2D eigenvalue weighted by atomic mass is 127. The van der Waals surface area contributed by atoms with Gasteiger partial charge in [0.05, 0.1) is 13.2 Å². The van der Waals surface area contributed by atoms with E-state index < -0.39 is 0 Å². The molecule has 0 bridgehead atoms. The fourth-order valence-electron chi connectivity index (χ4n) is 3.76. The molecule has 0 spiro atoms. The molecule has 8 heteroatoms. The van der Waals surface area contributed by atoms with Gasteiger partial charge in [-0.05, 0) is 25.3 Å². The number of aryl methyl sites for hydroxylation is 1. The highest BCUT2D eigenvalue weighted by Gasteiger charge is 2.30. The average Bonchev–Trinajstić information content (AvgIpc) is 3.17. The Hall–Kier alpha value is -1.13. The molecule has 0 aliphatic carbocycles. The van der Waals surface area contributed by atoms with Crippen molar-refractivity contribution in [2.45, 2.75) is 31.8 Å². The van der Waals surface area contributed by atoms with Crippen molar-refractivity contribution >= 4 is 29.9 Å². The lowest BCUT2D eigenvalue weighted by Crippen LogP contribution is -2.46. The molecule has 1 aromatic heterocycles. The average molecular weight is 489 g/mol. The van der Waals surface area contributed by atoms with Crippen LogP contribution in [0.25, 0.3) is 0 Å². The molecule has 7 nitrogen and oxygen atoms in total. The molecule has 0 radical (unpaired) electrons. The van der Waals surface area contributed by atoms with Crippen molar-refractivity contribution in [1.82, 2.24) is 19.7 Å². The molecule has 0 aromatic carbocycles. The first-order chi connectivity index (χ1) is 12.8. The van der Waals surface area contributed by atoms with Gasteiger partial charge in [0, 0.05) is 64.6 Å². The zero-order valence-corrected chi connectivity index (χ0v) is 18.5. The van der Waals surface area contributed by atoms with E-state index in [9.17, 15) is 4.79 Å². The highest BCUT2D eigenvalue weighted by Crippen LogP contribution is 2.17. The van der Waals surface area contributed by atoms with Gasteiger partial charge in [0.2, 0.25) is 5.56 Å². The molecule has 1 atom stereocenters. The third kappa shape index (κ3) is 6.46. The van der Waals surface area contributed by atoms with Gasteiger partial charge in [-0.1, -0.05) is 6.07 Å². The van der Waals surface area contributed by atoms with Gasteiger partial charge >= 0.3 is 0 Å². The monoisotopic (exact) mass is 489 g/mol. The third-order valence-electron chi connectivity index (χ3n) is 5.24. The minimum atomic E-state index is 0. The van der Waals surface area contributed by atoms with E-state index in [1.54, 1.807) is 16.7 Å². The van der Waals surface area contributed by atoms with Gasteiger partial charge < -0.3 is 19.5 Å². The van der Waals surface area contributed by atoms with Crippen molar-refractivity contribution in [3.8, 4) is 0 Å². The first-order valence-corrected chi connectivity index (χ1v) is 9.71. The molecule has 2 aliphatic heterocycles. The van der Waals surface area contributed by atoms with Gasteiger partial charge in [0.1, 0.15) is 0 Å². The van der Waals surface area contributed by atoms with E-state index in [0.29, 0.717) is 6.04 Å². The van der Waals surface area contributed by atoms with Gasteiger partial charge in [-0.15, -0.1) is 24.0 Å². The predicted molar refractivity (Wildman–Crippen MR) is 119 cm³/mol. The number of halogens is 1. The van der Waals surface area contributed by atoms with Gasteiger partial charge in [0.25, 0.3) is 0 Å². The maximum atomic E-state index is 11.7. The fourth-order valence-corrected chi connectivity index (χ4v) is 3.76. The van der Waals surface area contributed by atoms with Gasteiger partial charge in [-0.3, -0.25) is 14.7 Å². The second-order valence-electron chi connectivity index (χ2n) is 6.95. The molecule has 2 aliphatic rings. The quantitative estimate of drug-likeness (QED) is 0.282. The van der Waals surface area contributed by atoms with Crippen LogP contribution in [0.3, 0.4) is 0 Å². The molecule has 1 N–H and O–H groups in total. The highest BCUT2D eigenvalue weighted by molar-refractivity contribution is 14.0. The molecule has 1 unspecified atom stereocenters. The summed E-state index contributed by atoms with van der Waals surface area (Å²) in [6.45, 7) is 7.55. The first kappa shape index (κ1) is 22.2. The number of ether oxygens (including phenoxy) is 1. The van der Waals surface area contributed by atoms with E-state index in [1.807, 2.05) is 19.3 Å². The Morgan fingerprint density at radius 1 is 1.26 bits per heavy atom. The lowest BCUT2D eigenvalue weighted by Gasteiger charge is -2.32. The van der Waals surface area contributed by atoms with Crippen LogP contribution in [0.1, 0.15) is 19.3 Å². The fraction of sp³-hybridized carbons (Fsp3) is 0.684. The number of likely N-dealkylation sites (tertiary alicyclic amines) is 1. The summed E-state index contributed by atoms with van der Waals surface area (Å²) < 4.78 is 7.22. The maximum absolute atomic E-state index is 11.7. The van der Waals surface area contributed by atoms with Crippen molar-refractivity contribution in [2.75, 3.05) is 53.0 Å². The number of hydrogen-bond donors (Lipinski definition) is 1. The Morgan fingerprint density at radius 2 is 2.07 bits per heavy atom. The molecule has 152 valence electrons. The molecular weight excluding hydrogens is 457 g/mol. The number of guanidine groups is 1. The summed E-state index contributed by atoms with van der Waals surface area (Å²) in [6, 6.07) is 5.91. The van der Waals surface area contributed by atoms with Crippen LogP contribution < -0.4 is 10.9 Å². The van der Waals surface area contributed by atoms with E-state index >= 15 is 0 Å². The van der Waals surface area contributed by atoms with Gasteiger partial charge in [-0.25, -0.2) is 0 Å². The van der Waals surface area contributed by atoms with Crippen LogP contribution in [-0.2, 0) is 11.3 Å². The van der Waals surface area contributed by atoms with Crippen molar-refractivity contribution < 1.29 is 4.74 Å². The van der Waals surface area contributed by atoms with Crippen molar-refractivity contribution in [1.29, 1.82) is 0 Å². The standard InChI is InChI=1S/C19H31N5O2.HI/c1-20-19(21-8-3-5-10-23-9-4-2-6-18(23)25)24-11-7-17(16-24)22-12-14-26-15-13-22;/h2,4,6,9,17H,3,5,7-8,10-16H2,1H3,(H,20,21);1H. The lowest BCUT2D eigenvalue weighted by atomic mass is 10.2. The number of aromatic nitrogens is 1. The van der Waals surface area contributed by atoms with E-state index in [1.165, 1.54) is 6.42 Å². The first-order valence-electron chi connectivity index (χ1n) is 9.71. The van der Waals surface area contributed by atoms with Crippen LogP contribution in [0.15, 0.2) is 34.2 Å². The molecule has 0 saturated carbocycles. The maximum Gasteiger partial charge on any atom is 0.250 e. The summed E-state index contributed by atoms with van der Waals surface area (Å²) in [5.74, 6) is 0.998. The number of nitrogens with one attached hydrogen (secondary N) is 1. The van der Waals surface area contributed by atoms with Crippen LogP contribution in [0.5, 0.6) is 0 Å². The molecule has 2 fully saturated rings. The topological polar surface area (TPSA) is 62.1 Å². The van der Waals surface area contributed by atoms with Crippen LogP contribution >= 0.6 is 24.0 Å². The van der Waals surface area contributed by atoms with Gasteiger partial charge in [-0.2, -0.15) is 0 Å². The molecule has 27 heavy (non-hydrogen) atoms. The summed E-state index contributed by atoms with van der Waals surface area (Å²) in [6.07, 6.45) is 5.04. The van der Waals surface area contributed by atoms with E-state index in [2.05, 4.69) is 20.1 Å². The van der Waals surface area contributed by atoms with Crippen LogP contribution in [0, 0.1) is 0 Å². The van der Waals surface area contributed by atoms with Crippen molar-refractivity contribution in [3.05, 3.63) is 34.7 Å². The summed E-state index contributed by atoms with van der Waals surface area (Å²) in [5.41, 5.74) is 0.0718. The molecule has 3 rings (SSSR count). The SMILES string of the molecule is CN=C(NCCCCn1ccccc1=O)N1CCC(N2CCOCC2)C1.I. The lowest BCUT2D eigenvalue weighted by molar-refractivity contribution is 0.0195. The Balaban J connectivity index is 0.00000261. The number of morpholine rings is 1. The number of pyridine rings is 1. The van der Waals surface area contributed by atoms with E-state index in [-0.39, 0.29) is 29.5 Å². The minimum absolute atomic E-state index is 0. The molecule has 3 heterocycles. The Kier molecular flexibility index (Phi) is 9.57. The van der Waals surface area contributed by atoms with E-state index in [4.69, 9.17) is 4.74 Å². The second-order valence-corrected chi connectivity index (χ2v) is 6.95. The van der Waals surface area contributed by atoms with Crippen LogP contribution in [0.2, 0.25) is 0 Å². The van der Waals surface area contributed by atoms with Crippen molar-refractivity contribution in [2.24, 2.45) is 4.99 Å². The zero-order chi connectivity index (χ0) is 18.2. The predicted octanol–water partition coefficient (Wildman–Crippen LogP) is 1.23. The summed E-state index contributed by atoms with van der Waals surface area (Å²) >= 11 is 0. The Bertz CT molecular complexity index is 645. The number of hydrogen-bond acceptors (Lipinski definition) is 4. The van der Waals surface area contributed by atoms with E-state index in [0.717, 1.165) is 71.3 Å².